The molecule has 0 spiro atoms. The maximum absolute atomic E-state index is 13.0. The summed E-state index contributed by atoms with van der Waals surface area (Å²) in [6.07, 6.45) is 1.82. The van der Waals surface area contributed by atoms with Crippen molar-refractivity contribution < 1.29 is 36.5 Å². The van der Waals surface area contributed by atoms with E-state index in [1.54, 1.807) is 67.6 Å². The Balaban J connectivity index is 1.49. The maximum atomic E-state index is 13.0. The highest BCUT2D eigenvalue weighted by Crippen LogP contribution is 2.18. The van der Waals surface area contributed by atoms with Gasteiger partial charge in [0.05, 0.1) is 18.6 Å². The van der Waals surface area contributed by atoms with Crippen LogP contribution < -0.4 is 8.92 Å². The summed E-state index contributed by atoms with van der Waals surface area (Å²) in [6, 6.07) is 19.6. The van der Waals surface area contributed by atoms with Gasteiger partial charge in [0.2, 0.25) is 0 Å². The number of oxime groups is 1. The summed E-state index contributed by atoms with van der Waals surface area (Å²) in [6.45, 7) is 2.11. The highest BCUT2D eigenvalue weighted by Gasteiger charge is 2.22. The van der Waals surface area contributed by atoms with Crippen LogP contribution in [0.3, 0.4) is 0 Å². The third-order valence-electron chi connectivity index (χ3n) is 5.35. The van der Waals surface area contributed by atoms with Gasteiger partial charge in [-0.25, -0.2) is 4.39 Å². The summed E-state index contributed by atoms with van der Waals surface area (Å²) < 4.78 is 45.9. The predicted molar refractivity (Wildman–Crippen MR) is 137 cm³/mol. The molecule has 0 amide bonds. The van der Waals surface area contributed by atoms with E-state index in [4.69, 9.17) is 13.8 Å². The zero-order chi connectivity index (χ0) is 26.8. The molecule has 0 saturated heterocycles. The molecule has 10 heteroatoms. The molecule has 1 unspecified atom stereocenters. The van der Waals surface area contributed by atoms with Gasteiger partial charge in [-0.2, -0.15) is 8.42 Å². The molecule has 196 valence electrons. The van der Waals surface area contributed by atoms with Gasteiger partial charge in [0.1, 0.15) is 29.8 Å². The van der Waals surface area contributed by atoms with Crippen molar-refractivity contribution in [1.29, 1.82) is 0 Å². The van der Waals surface area contributed by atoms with Gasteiger partial charge in [-0.15, -0.1) is 0 Å². The molecular weight excluding hydrogens is 501 g/mol. The van der Waals surface area contributed by atoms with Crippen molar-refractivity contribution in [1.82, 2.24) is 0 Å². The summed E-state index contributed by atoms with van der Waals surface area (Å²) in [5.74, 6) is -1.34. The standard InChI is InChI=1S/C27H28FNO7S/c1-19(29-35-18-22-3-9-23(28)10-4-22)26(27(30)31)17-21-7-11-24(12-8-21)34-16-15-20-5-13-25(14-6-20)36-37(2,32)33/h3-14,26H,15-18H2,1-2H3,(H,30,31)/b29-19+. The summed E-state index contributed by atoms with van der Waals surface area (Å²) in [4.78, 5) is 17.1. The Morgan fingerprint density at radius 1 is 0.919 bits per heavy atom. The number of rotatable bonds is 13. The highest BCUT2D eigenvalue weighted by molar-refractivity contribution is 7.86. The van der Waals surface area contributed by atoms with Crippen molar-refractivity contribution in [2.45, 2.75) is 26.4 Å². The van der Waals surface area contributed by atoms with Crippen LogP contribution >= 0.6 is 0 Å². The Labute approximate surface area is 215 Å². The Bertz CT molecular complexity index is 1310. The Hall–Kier alpha value is -3.92. The van der Waals surface area contributed by atoms with Gasteiger partial charge in [0.25, 0.3) is 0 Å². The van der Waals surface area contributed by atoms with Gasteiger partial charge in [0, 0.05) is 6.42 Å². The van der Waals surface area contributed by atoms with Crippen LogP contribution in [0, 0.1) is 11.7 Å². The fourth-order valence-electron chi connectivity index (χ4n) is 3.40. The van der Waals surface area contributed by atoms with Crippen LogP contribution in [0.1, 0.15) is 23.6 Å². The number of carbonyl (C=O) groups is 1. The molecule has 0 aromatic heterocycles. The molecule has 0 radical (unpaired) electrons. The summed E-state index contributed by atoms with van der Waals surface area (Å²) in [7, 11) is -3.56. The molecule has 0 bridgehead atoms. The fraction of sp³-hybridized carbons (Fsp3) is 0.259. The minimum Gasteiger partial charge on any atom is -0.493 e. The van der Waals surface area contributed by atoms with Crippen LogP contribution in [-0.4, -0.2) is 38.1 Å². The number of carboxylic acid groups (broad SMARTS) is 1. The van der Waals surface area contributed by atoms with Gasteiger partial charge in [0.15, 0.2) is 0 Å². The third-order valence-corrected chi connectivity index (χ3v) is 5.84. The monoisotopic (exact) mass is 529 g/mol. The summed E-state index contributed by atoms with van der Waals surface area (Å²) in [5, 5.41) is 13.6. The molecule has 1 atom stereocenters. The first-order valence-corrected chi connectivity index (χ1v) is 13.2. The van der Waals surface area contributed by atoms with Crippen LogP contribution in [0.2, 0.25) is 0 Å². The van der Waals surface area contributed by atoms with E-state index >= 15 is 0 Å². The second-order valence-electron chi connectivity index (χ2n) is 8.40. The number of aliphatic carboxylic acids is 1. The Morgan fingerprint density at radius 3 is 2.08 bits per heavy atom. The first-order chi connectivity index (χ1) is 17.6. The number of halogens is 1. The second kappa shape index (κ2) is 12.9. The molecule has 0 aliphatic rings. The maximum Gasteiger partial charge on any atom is 0.312 e. The number of ether oxygens (including phenoxy) is 1. The zero-order valence-electron chi connectivity index (χ0n) is 20.5. The Morgan fingerprint density at radius 2 is 1.49 bits per heavy atom. The molecule has 3 aromatic carbocycles. The van der Waals surface area contributed by atoms with Crippen LogP contribution in [-0.2, 0) is 39.2 Å². The molecule has 3 rings (SSSR count). The van der Waals surface area contributed by atoms with Crippen LogP contribution in [0.25, 0.3) is 0 Å². The number of hydrogen-bond donors (Lipinski definition) is 1. The molecule has 0 aliphatic carbocycles. The SMILES string of the molecule is C/C(=N\OCc1ccc(F)cc1)C(Cc1ccc(OCCc2ccc(OS(C)(=O)=O)cc2)cc1)C(=O)O. The molecular formula is C27H28FNO7S. The van der Waals surface area contributed by atoms with Crippen molar-refractivity contribution in [3.8, 4) is 11.5 Å². The quantitative estimate of drug-likeness (QED) is 0.195. The highest BCUT2D eigenvalue weighted by atomic mass is 32.2. The van der Waals surface area contributed by atoms with Crippen LogP contribution in [0.4, 0.5) is 4.39 Å². The fourth-order valence-corrected chi connectivity index (χ4v) is 3.86. The number of benzene rings is 3. The minimum atomic E-state index is -3.56. The van der Waals surface area contributed by atoms with Gasteiger partial charge in [-0.3, -0.25) is 4.79 Å². The molecule has 1 N–H and O–H groups in total. The van der Waals surface area contributed by atoms with Crippen molar-refractivity contribution in [2.24, 2.45) is 11.1 Å². The van der Waals surface area contributed by atoms with Gasteiger partial charge >= 0.3 is 16.1 Å². The minimum absolute atomic E-state index is 0.106. The molecule has 37 heavy (non-hydrogen) atoms. The topological polar surface area (TPSA) is 111 Å². The average molecular weight is 530 g/mol. The van der Waals surface area contributed by atoms with Crippen LogP contribution in [0.5, 0.6) is 11.5 Å². The lowest BCUT2D eigenvalue weighted by Crippen LogP contribution is -2.24. The van der Waals surface area contributed by atoms with Crippen molar-refractivity contribution in [2.75, 3.05) is 12.9 Å². The normalized spacial score (nSPS) is 12.6. The second-order valence-corrected chi connectivity index (χ2v) is 9.98. The summed E-state index contributed by atoms with van der Waals surface area (Å²) >= 11 is 0. The van der Waals surface area contributed by atoms with Crippen molar-refractivity contribution in [3.63, 3.8) is 0 Å². The lowest BCUT2D eigenvalue weighted by Gasteiger charge is -2.13. The lowest BCUT2D eigenvalue weighted by atomic mass is 9.95. The van der Waals surface area contributed by atoms with E-state index < -0.39 is 22.0 Å². The van der Waals surface area contributed by atoms with E-state index in [0.29, 0.717) is 24.5 Å². The number of nitrogens with zero attached hydrogens (tertiary/aromatic N) is 1. The molecule has 0 saturated carbocycles. The smallest absolute Gasteiger partial charge is 0.312 e. The largest absolute Gasteiger partial charge is 0.493 e. The van der Waals surface area contributed by atoms with E-state index in [-0.39, 0.29) is 24.6 Å². The molecule has 3 aromatic rings. The predicted octanol–water partition coefficient (Wildman–Crippen LogP) is 4.62. The number of hydrogen-bond acceptors (Lipinski definition) is 7. The molecule has 0 fully saturated rings. The van der Waals surface area contributed by atoms with Crippen molar-refractivity contribution in [3.05, 3.63) is 95.3 Å². The van der Waals surface area contributed by atoms with Gasteiger partial charge in [-0.05, 0) is 66.4 Å². The van der Waals surface area contributed by atoms with Gasteiger partial charge < -0.3 is 18.9 Å². The number of carboxylic acids is 1. The molecule has 0 aliphatic heterocycles. The van der Waals surface area contributed by atoms with E-state index in [9.17, 15) is 22.7 Å². The van der Waals surface area contributed by atoms with E-state index in [1.807, 2.05) is 0 Å². The van der Waals surface area contributed by atoms with Crippen LogP contribution in [0.15, 0.2) is 78.0 Å². The van der Waals surface area contributed by atoms with E-state index in [2.05, 4.69) is 5.16 Å². The average Bonchev–Trinajstić information content (AvgIpc) is 2.84. The zero-order valence-corrected chi connectivity index (χ0v) is 21.3. The van der Waals surface area contributed by atoms with E-state index in [1.165, 1.54) is 12.1 Å². The van der Waals surface area contributed by atoms with E-state index in [0.717, 1.165) is 22.9 Å². The lowest BCUT2D eigenvalue weighted by molar-refractivity contribution is -0.139. The van der Waals surface area contributed by atoms with Gasteiger partial charge in [-0.1, -0.05) is 41.6 Å². The first kappa shape index (κ1) is 27.7. The third kappa shape index (κ3) is 9.57. The molecule has 0 heterocycles. The molecule has 8 nitrogen and oxygen atoms in total. The van der Waals surface area contributed by atoms with Crippen molar-refractivity contribution >= 4 is 21.8 Å². The first-order valence-electron chi connectivity index (χ1n) is 11.4. The Kier molecular flexibility index (Phi) is 9.62. The summed E-state index contributed by atoms with van der Waals surface area (Å²) in [5.41, 5.74) is 2.80.